The zero-order valence-corrected chi connectivity index (χ0v) is 19.8. The summed E-state index contributed by atoms with van der Waals surface area (Å²) in [5.74, 6) is 0.192. The highest BCUT2D eigenvalue weighted by molar-refractivity contribution is 7.99. The first-order valence-electron chi connectivity index (χ1n) is 11.2. The highest BCUT2D eigenvalue weighted by Crippen LogP contribution is 2.32. The first-order chi connectivity index (χ1) is 15.0. The Morgan fingerprint density at radius 1 is 0.710 bits per heavy atom. The lowest BCUT2D eigenvalue weighted by atomic mass is 10.2. The van der Waals surface area contributed by atoms with Gasteiger partial charge in [-0.1, -0.05) is 78.7 Å². The summed E-state index contributed by atoms with van der Waals surface area (Å²) in [7, 11) is 0. The minimum atomic E-state index is 0.192. The summed E-state index contributed by atoms with van der Waals surface area (Å²) in [5.41, 5.74) is 4.84. The molecular weight excluding hydrogens is 398 g/mol. The average molecular weight is 432 g/mol. The second-order valence-corrected chi connectivity index (χ2v) is 9.29. The number of benzene rings is 3. The monoisotopic (exact) mass is 431 g/mol. The van der Waals surface area contributed by atoms with Crippen molar-refractivity contribution < 1.29 is 4.79 Å². The summed E-state index contributed by atoms with van der Waals surface area (Å²) >= 11 is 1.85. The van der Waals surface area contributed by atoms with Crippen LogP contribution in [0.5, 0.6) is 0 Å². The number of hydrogen-bond acceptors (Lipinski definition) is 2. The molecule has 0 N–H and O–H groups in total. The number of rotatable bonds is 3. The Kier molecular flexibility index (Phi) is 8.78. The number of carbonyl (C=O) groups is 1. The van der Waals surface area contributed by atoms with E-state index in [-0.39, 0.29) is 5.91 Å². The van der Waals surface area contributed by atoms with Gasteiger partial charge >= 0.3 is 0 Å². The van der Waals surface area contributed by atoms with E-state index in [4.69, 9.17) is 0 Å². The molecule has 3 aromatic rings. The molecule has 0 unspecified atom stereocenters. The zero-order chi connectivity index (χ0) is 22.1. The van der Waals surface area contributed by atoms with E-state index in [1.54, 1.807) is 0 Å². The van der Waals surface area contributed by atoms with E-state index in [2.05, 4.69) is 63.2 Å². The van der Waals surface area contributed by atoms with Gasteiger partial charge in [0.05, 0.1) is 0 Å². The van der Waals surface area contributed by atoms with Crippen molar-refractivity contribution in [2.45, 2.75) is 56.2 Å². The van der Waals surface area contributed by atoms with Gasteiger partial charge in [0.25, 0.3) is 5.91 Å². The van der Waals surface area contributed by atoms with Gasteiger partial charge in [-0.05, 0) is 69.0 Å². The lowest BCUT2D eigenvalue weighted by Gasteiger charge is -2.20. The maximum absolute atomic E-state index is 12.1. The van der Waals surface area contributed by atoms with Crippen LogP contribution in [0.2, 0.25) is 0 Å². The van der Waals surface area contributed by atoms with Gasteiger partial charge in [0.2, 0.25) is 0 Å². The standard InChI is InChI=1S/C15H16S.C13H17NO/c1-11-8-9-15(13(3)10-11)16-14-7-5-4-6-12(14)2;15-13(12-8-4-3-5-9-12)14-10-6-1-2-7-11-14/h4-10H,1-3H3;3-5,8-9H,1-2,6-7,10-11H2. The Morgan fingerprint density at radius 2 is 1.32 bits per heavy atom. The van der Waals surface area contributed by atoms with Gasteiger partial charge in [-0.2, -0.15) is 0 Å². The summed E-state index contributed by atoms with van der Waals surface area (Å²) in [6.45, 7) is 8.32. The molecule has 1 saturated heterocycles. The molecule has 2 nitrogen and oxygen atoms in total. The predicted octanol–water partition coefficient (Wildman–Crippen LogP) is 7.47. The Labute approximate surface area is 191 Å². The fourth-order valence-corrected chi connectivity index (χ4v) is 4.71. The largest absolute Gasteiger partial charge is 0.339 e. The molecule has 3 heteroatoms. The third-order valence-corrected chi connectivity index (χ3v) is 6.91. The van der Waals surface area contributed by atoms with Crippen LogP contribution in [0.4, 0.5) is 0 Å². The number of nitrogens with zero attached hydrogens (tertiary/aromatic N) is 1. The molecule has 0 aliphatic carbocycles. The van der Waals surface area contributed by atoms with Crippen LogP contribution in [0.3, 0.4) is 0 Å². The van der Waals surface area contributed by atoms with Gasteiger partial charge in [-0.25, -0.2) is 0 Å². The molecular formula is C28H33NOS. The summed E-state index contributed by atoms with van der Waals surface area (Å²) in [4.78, 5) is 16.8. The zero-order valence-electron chi connectivity index (χ0n) is 18.9. The average Bonchev–Trinajstić information content (AvgIpc) is 3.07. The fourth-order valence-electron chi connectivity index (χ4n) is 3.74. The molecule has 1 heterocycles. The van der Waals surface area contributed by atoms with Crippen LogP contribution < -0.4 is 0 Å². The van der Waals surface area contributed by atoms with E-state index in [1.165, 1.54) is 39.3 Å². The van der Waals surface area contributed by atoms with E-state index >= 15 is 0 Å². The van der Waals surface area contributed by atoms with Gasteiger partial charge in [-0.3, -0.25) is 4.79 Å². The quantitative estimate of drug-likeness (QED) is 0.429. The second kappa shape index (κ2) is 11.8. The van der Waals surface area contributed by atoms with Crippen LogP contribution in [-0.4, -0.2) is 23.9 Å². The van der Waals surface area contributed by atoms with Crippen molar-refractivity contribution >= 4 is 17.7 Å². The summed E-state index contributed by atoms with van der Waals surface area (Å²) in [6.07, 6.45) is 4.83. The highest BCUT2D eigenvalue weighted by atomic mass is 32.2. The Bertz CT molecular complexity index is 975. The van der Waals surface area contributed by atoms with E-state index in [0.29, 0.717) is 0 Å². The molecule has 1 aliphatic heterocycles. The van der Waals surface area contributed by atoms with Gasteiger partial charge in [0.15, 0.2) is 0 Å². The van der Waals surface area contributed by atoms with E-state index < -0.39 is 0 Å². The Hall–Kier alpha value is -2.52. The number of hydrogen-bond donors (Lipinski definition) is 0. The molecule has 0 aromatic heterocycles. The molecule has 0 atom stereocenters. The molecule has 1 aliphatic rings. The molecule has 0 bridgehead atoms. The lowest BCUT2D eigenvalue weighted by Crippen LogP contribution is -2.31. The SMILES string of the molecule is Cc1ccc(Sc2ccccc2C)c(C)c1.O=C(c1ccccc1)N1CCCCCC1. The van der Waals surface area contributed by atoms with Crippen LogP contribution in [0, 0.1) is 20.8 Å². The fraction of sp³-hybridized carbons (Fsp3) is 0.321. The third-order valence-electron chi connectivity index (χ3n) is 5.56. The van der Waals surface area contributed by atoms with Crippen LogP contribution in [0.15, 0.2) is 82.6 Å². The van der Waals surface area contributed by atoms with Crippen LogP contribution in [-0.2, 0) is 0 Å². The number of aryl methyl sites for hydroxylation is 3. The van der Waals surface area contributed by atoms with Crippen molar-refractivity contribution in [3.63, 3.8) is 0 Å². The molecule has 0 radical (unpaired) electrons. The normalized spacial score (nSPS) is 13.7. The summed E-state index contributed by atoms with van der Waals surface area (Å²) in [5, 5.41) is 0. The van der Waals surface area contributed by atoms with Gasteiger partial charge in [-0.15, -0.1) is 0 Å². The minimum Gasteiger partial charge on any atom is -0.339 e. The molecule has 1 fully saturated rings. The minimum absolute atomic E-state index is 0.192. The predicted molar refractivity (Wildman–Crippen MR) is 132 cm³/mol. The van der Waals surface area contributed by atoms with Crippen molar-refractivity contribution in [2.75, 3.05) is 13.1 Å². The molecule has 162 valence electrons. The van der Waals surface area contributed by atoms with E-state index in [1.807, 2.05) is 47.0 Å². The molecule has 0 saturated carbocycles. The third kappa shape index (κ3) is 7.00. The molecule has 31 heavy (non-hydrogen) atoms. The molecule has 3 aromatic carbocycles. The summed E-state index contributed by atoms with van der Waals surface area (Å²) < 4.78 is 0. The number of likely N-dealkylation sites (tertiary alicyclic amines) is 1. The van der Waals surface area contributed by atoms with E-state index in [0.717, 1.165) is 31.5 Å². The smallest absolute Gasteiger partial charge is 0.253 e. The van der Waals surface area contributed by atoms with Crippen molar-refractivity contribution in [1.29, 1.82) is 0 Å². The Morgan fingerprint density at radius 3 is 1.97 bits per heavy atom. The first kappa shape index (κ1) is 23.1. The van der Waals surface area contributed by atoms with Crippen molar-refractivity contribution in [2.24, 2.45) is 0 Å². The second-order valence-electron chi connectivity index (χ2n) is 8.21. The van der Waals surface area contributed by atoms with Crippen LogP contribution in [0.25, 0.3) is 0 Å². The van der Waals surface area contributed by atoms with Crippen molar-refractivity contribution in [1.82, 2.24) is 4.90 Å². The first-order valence-corrected chi connectivity index (χ1v) is 12.0. The van der Waals surface area contributed by atoms with Gasteiger partial charge in [0.1, 0.15) is 0 Å². The van der Waals surface area contributed by atoms with Gasteiger partial charge < -0.3 is 4.90 Å². The number of amides is 1. The van der Waals surface area contributed by atoms with Gasteiger partial charge in [0, 0.05) is 28.4 Å². The maximum atomic E-state index is 12.1. The van der Waals surface area contributed by atoms with Crippen LogP contribution >= 0.6 is 11.8 Å². The summed E-state index contributed by atoms with van der Waals surface area (Å²) in [6, 6.07) is 24.7. The molecule has 1 amide bonds. The Balaban J connectivity index is 0.000000176. The van der Waals surface area contributed by atoms with Crippen molar-refractivity contribution in [3.05, 3.63) is 95.1 Å². The molecule has 0 spiro atoms. The van der Waals surface area contributed by atoms with Crippen LogP contribution in [0.1, 0.15) is 52.7 Å². The maximum Gasteiger partial charge on any atom is 0.253 e. The topological polar surface area (TPSA) is 20.3 Å². The highest BCUT2D eigenvalue weighted by Gasteiger charge is 2.16. The molecule has 4 rings (SSSR count). The van der Waals surface area contributed by atoms with Crippen molar-refractivity contribution in [3.8, 4) is 0 Å². The van der Waals surface area contributed by atoms with E-state index in [9.17, 15) is 4.79 Å². The number of carbonyl (C=O) groups excluding carboxylic acids is 1. The lowest BCUT2D eigenvalue weighted by molar-refractivity contribution is 0.0761.